The largest absolute Gasteiger partial charge is 0.466 e. The van der Waals surface area contributed by atoms with Crippen molar-refractivity contribution in [2.45, 2.75) is 19.5 Å². The molecular formula is C11H12F3NO2. The first-order valence-corrected chi connectivity index (χ1v) is 4.89. The molecule has 0 spiro atoms. The van der Waals surface area contributed by atoms with E-state index in [-0.39, 0.29) is 12.3 Å². The molecule has 0 atom stereocenters. The van der Waals surface area contributed by atoms with Crippen molar-refractivity contribution < 1.29 is 22.7 Å². The van der Waals surface area contributed by atoms with Gasteiger partial charge in [0, 0.05) is 19.0 Å². The van der Waals surface area contributed by atoms with Gasteiger partial charge < -0.3 is 10.5 Å². The second-order valence-corrected chi connectivity index (χ2v) is 3.50. The van der Waals surface area contributed by atoms with E-state index >= 15 is 0 Å². The van der Waals surface area contributed by atoms with E-state index < -0.39 is 17.7 Å². The Morgan fingerprint density at radius 2 is 2.06 bits per heavy atom. The molecule has 0 aromatic heterocycles. The van der Waals surface area contributed by atoms with Gasteiger partial charge in [-0.1, -0.05) is 6.07 Å². The van der Waals surface area contributed by atoms with Crippen molar-refractivity contribution in [1.82, 2.24) is 0 Å². The predicted molar refractivity (Wildman–Crippen MR) is 56.2 cm³/mol. The summed E-state index contributed by atoms with van der Waals surface area (Å²) in [6.45, 7) is 1.36. The molecule has 94 valence electrons. The summed E-state index contributed by atoms with van der Waals surface area (Å²) < 4.78 is 41.7. The van der Waals surface area contributed by atoms with Crippen LogP contribution in [0.5, 0.6) is 0 Å². The topological polar surface area (TPSA) is 52.3 Å². The van der Waals surface area contributed by atoms with Crippen LogP contribution in [-0.2, 0) is 22.1 Å². The van der Waals surface area contributed by atoms with E-state index in [9.17, 15) is 18.0 Å². The van der Waals surface area contributed by atoms with E-state index in [1.165, 1.54) is 13.0 Å². The number of nitrogens with two attached hydrogens (primary N) is 1. The first kappa shape index (κ1) is 13.3. The van der Waals surface area contributed by atoms with Crippen molar-refractivity contribution in [1.29, 1.82) is 0 Å². The lowest BCUT2D eigenvalue weighted by atomic mass is 10.1. The second kappa shape index (κ2) is 5.07. The number of anilines is 1. The summed E-state index contributed by atoms with van der Waals surface area (Å²) in [5.74, 6) is -0.435. The van der Waals surface area contributed by atoms with Gasteiger partial charge >= 0.3 is 12.1 Å². The standard InChI is InChI=1S/C11H12F3NO2/c1-7(16)17-5-4-8-2-3-9(6-10(8)15)11(12,13)14/h2-3,6H,4-5,15H2,1H3. The monoisotopic (exact) mass is 247 g/mol. The van der Waals surface area contributed by atoms with Crippen LogP contribution in [0.15, 0.2) is 18.2 Å². The molecule has 0 aliphatic carbocycles. The number of halogens is 3. The van der Waals surface area contributed by atoms with Crippen LogP contribution in [0.2, 0.25) is 0 Å². The number of ether oxygens (including phenoxy) is 1. The number of hydrogen-bond acceptors (Lipinski definition) is 3. The molecule has 0 fully saturated rings. The Kier molecular flexibility index (Phi) is 3.98. The zero-order chi connectivity index (χ0) is 13.1. The van der Waals surface area contributed by atoms with Gasteiger partial charge in [-0.05, 0) is 17.7 Å². The van der Waals surface area contributed by atoms with Gasteiger partial charge in [-0.2, -0.15) is 13.2 Å². The summed E-state index contributed by atoms with van der Waals surface area (Å²) in [5.41, 5.74) is 5.28. The van der Waals surface area contributed by atoms with Crippen molar-refractivity contribution in [3.05, 3.63) is 29.3 Å². The molecule has 0 unspecified atom stereocenters. The van der Waals surface area contributed by atoms with Crippen LogP contribution >= 0.6 is 0 Å². The molecule has 1 rings (SSSR count). The fourth-order valence-electron chi connectivity index (χ4n) is 1.30. The number of rotatable bonds is 3. The molecule has 6 heteroatoms. The van der Waals surface area contributed by atoms with Crippen molar-refractivity contribution in [3.8, 4) is 0 Å². The average Bonchev–Trinajstić information content (AvgIpc) is 2.18. The molecule has 1 aromatic carbocycles. The quantitative estimate of drug-likeness (QED) is 0.659. The minimum Gasteiger partial charge on any atom is -0.466 e. The van der Waals surface area contributed by atoms with Gasteiger partial charge in [0.2, 0.25) is 0 Å². The summed E-state index contributed by atoms with van der Waals surface area (Å²) in [5, 5.41) is 0. The Bertz CT molecular complexity index is 416. The summed E-state index contributed by atoms with van der Waals surface area (Å²) >= 11 is 0. The minimum atomic E-state index is -4.40. The predicted octanol–water partition coefficient (Wildman–Crippen LogP) is 2.39. The maximum absolute atomic E-state index is 12.3. The molecule has 0 aliphatic rings. The summed E-state index contributed by atoms with van der Waals surface area (Å²) in [4.78, 5) is 10.5. The first-order chi connectivity index (χ1) is 7.80. The fourth-order valence-corrected chi connectivity index (χ4v) is 1.30. The highest BCUT2D eigenvalue weighted by Gasteiger charge is 2.30. The van der Waals surface area contributed by atoms with E-state index in [1.54, 1.807) is 0 Å². The highest BCUT2D eigenvalue weighted by Crippen LogP contribution is 2.31. The Labute approximate surface area is 96.4 Å². The third-order valence-electron chi connectivity index (χ3n) is 2.15. The van der Waals surface area contributed by atoms with Crippen molar-refractivity contribution in [2.24, 2.45) is 0 Å². The van der Waals surface area contributed by atoms with Gasteiger partial charge in [0.15, 0.2) is 0 Å². The minimum absolute atomic E-state index is 0.0481. The van der Waals surface area contributed by atoms with E-state index in [0.717, 1.165) is 12.1 Å². The molecule has 0 bridgehead atoms. The number of esters is 1. The van der Waals surface area contributed by atoms with Crippen molar-refractivity contribution in [2.75, 3.05) is 12.3 Å². The molecular weight excluding hydrogens is 235 g/mol. The number of alkyl halides is 3. The number of hydrogen-bond donors (Lipinski definition) is 1. The third-order valence-corrected chi connectivity index (χ3v) is 2.15. The van der Waals surface area contributed by atoms with Crippen LogP contribution in [-0.4, -0.2) is 12.6 Å². The van der Waals surface area contributed by atoms with Crippen LogP contribution in [0.3, 0.4) is 0 Å². The lowest BCUT2D eigenvalue weighted by molar-refractivity contribution is -0.140. The van der Waals surface area contributed by atoms with E-state index in [0.29, 0.717) is 12.0 Å². The summed E-state index contributed by atoms with van der Waals surface area (Å²) in [6.07, 6.45) is -4.11. The van der Waals surface area contributed by atoms with Crippen LogP contribution in [0.4, 0.5) is 18.9 Å². The third kappa shape index (κ3) is 3.97. The van der Waals surface area contributed by atoms with Gasteiger partial charge in [-0.15, -0.1) is 0 Å². The Morgan fingerprint density at radius 3 is 2.53 bits per heavy atom. The lowest BCUT2D eigenvalue weighted by Gasteiger charge is -2.10. The maximum atomic E-state index is 12.3. The van der Waals surface area contributed by atoms with Crippen LogP contribution in [0.1, 0.15) is 18.1 Å². The normalized spacial score (nSPS) is 11.3. The zero-order valence-electron chi connectivity index (χ0n) is 9.17. The second-order valence-electron chi connectivity index (χ2n) is 3.50. The number of nitrogen functional groups attached to an aromatic ring is 1. The lowest BCUT2D eigenvalue weighted by Crippen LogP contribution is -2.08. The van der Waals surface area contributed by atoms with Gasteiger partial charge in [0.1, 0.15) is 0 Å². The van der Waals surface area contributed by atoms with Crippen LogP contribution < -0.4 is 5.73 Å². The van der Waals surface area contributed by atoms with Gasteiger partial charge in [-0.25, -0.2) is 0 Å². The smallest absolute Gasteiger partial charge is 0.416 e. The highest BCUT2D eigenvalue weighted by atomic mass is 19.4. The first-order valence-electron chi connectivity index (χ1n) is 4.89. The Morgan fingerprint density at radius 1 is 1.41 bits per heavy atom. The van der Waals surface area contributed by atoms with Gasteiger partial charge in [0.05, 0.1) is 12.2 Å². The molecule has 0 saturated heterocycles. The number of benzene rings is 1. The molecule has 17 heavy (non-hydrogen) atoms. The molecule has 0 aliphatic heterocycles. The van der Waals surface area contributed by atoms with Gasteiger partial charge in [0.25, 0.3) is 0 Å². The molecule has 0 saturated carbocycles. The Balaban J connectivity index is 2.73. The van der Waals surface area contributed by atoms with E-state index in [4.69, 9.17) is 5.73 Å². The summed E-state index contributed by atoms with van der Waals surface area (Å²) in [7, 11) is 0. The van der Waals surface area contributed by atoms with Crippen molar-refractivity contribution in [3.63, 3.8) is 0 Å². The molecule has 1 aromatic rings. The molecule has 0 amide bonds. The van der Waals surface area contributed by atoms with Crippen LogP contribution in [0.25, 0.3) is 0 Å². The number of carbonyl (C=O) groups is 1. The summed E-state index contributed by atoms with van der Waals surface area (Å²) in [6, 6.07) is 3.13. The van der Waals surface area contributed by atoms with E-state index in [2.05, 4.69) is 4.74 Å². The maximum Gasteiger partial charge on any atom is 0.416 e. The van der Waals surface area contributed by atoms with Crippen molar-refractivity contribution >= 4 is 11.7 Å². The fraction of sp³-hybridized carbons (Fsp3) is 0.364. The van der Waals surface area contributed by atoms with E-state index in [1.807, 2.05) is 0 Å². The average molecular weight is 247 g/mol. The Hall–Kier alpha value is -1.72. The molecule has 2 N–H and O–H groups in total. The SMILES string of the molecule is CC(=O)OCCc1ccc(C(F)(F)F)cc1N. The molecule has 0 radical (unpaired) electrons. The zero-order valence-corrected chi connectivity index (χ0v) is 9.17. The highest BCUT2D eigenvalue weighted by molar-refractivity contribution is 5.65. The van der Waals surface area contributed by atoms with Gasteiger partial charge in [-0.3, -0.25) is 4.79 Å². The molecule has 0 heterocycles. The van der Waals surface area contributed by atoms with Crippen LogP contribution in [0, 0.1) is 0 Å². The molecule has 3 nitrogen and oxygen atoms in total. The number of carbonyl (C=O) groups excluding carboxylic acids is 1.